The van der Waals surface area contributed by atoms with Crippen LogP contribution in [-0.2, 0) is 17.3 Å². The molecule has 28 heavy (non-hydrogen) atoms. The second-order valence-corrected chi connectivity index (χ2v) is 7.70. The van der Waals surface area contributed by atoms with Gasteiger partial charge in [0.1, 0.15) is 5.69 Å². The first-order valence-electron chi connectivity index (χ1n) is 8.79. The zero-order chi connectivity index (χ0) is 19.9. The number of fused-ring (bicyclic) bond motifs is 1. The van der Waals surface area contributed by atoms with Crippen molar-refractivity contribution in [2.24, 2.45) is 7.05 Å². The summed E-state index contributed by atoms with van der Waals surface area (Å²) in [5, 5.41) is 13.8. The molecule has 2 aromatic carbocycles. The molecular formula is C21H17Cl2N3O2. The fourth-order valence-corrected chi connectivity index (χ4v) is 4.05. The average Bonchev–Trinajstić information content (AvgIpc) is 3.31. The summed E-state index contributed by atoms with van der Waals surface area (Å²) in [6, 6.07) is 14.7. The Morgan fingerprint density at radius 2 is 2.00 bits per heavy atom. The van der Waals surface area contributed by atoms with Crippen LogP contribution < -0.4 is 5.32 Å². The highest BCUT2D eigenvalue weighted by Crippen LogP contribution is 2.34. The molecule has 0 radical (unpaired) electrons. The number of rotatable bonds is 3. The first-order chi connectivity index (χ1) is 13.4. The molecule has 0 aliphatic carbocycles. The van der Waals surface area contributed by atoms with E-state index in [0.29, 0.717) is 40.9 Å². The molecular weight excluding hydrogens is 397 g/mol. The van der Waals surface area contributed by atoms with E-state index >= 15 is 0 Å². The second-order valence-electron chi connectivity index (χ2n) is 6.91. The number of aromatic nitrogens is 1. The van der Waals surface area contributed by atoms with Crippen LogP contribution in [0.5, 0.6) is 0 Å². The highest BCUT2D eigenvalue weighted by atomic mass is 35.5. The van der Waals surface area contributed by atoms with Gasteiger partial charge in [-0.15, -0.1) is 0 Å². The number of carbonyl (C=O) groups excluding carboxylic acids is 1. The van der Waals surface area contributed by atoms with Crippen LogP contribution in [-0.4, -0.2) is 23.7 Å². The molecule has 1 atom stereocenters. The van der Waals surface area contributed by atoms with E-state index in [-0.39, 0.29) is 5.91 Å². The lowest BCUT2D eigenvalue weighted by Crippen LogP contribution is -2.46. The average molecular weight is 414 g/mol. The molecule has 1 N–H and O–H groups in total. The molecule has 142 valence electrons. The minimum atomic E-state index is -0.636. The number of ether oxygens (including phenoxy) is 1. The van der Waals surface area contributed by atoms with Gasteiger partial charge in [-0.05, 0) is 35.9 Å². The van der Waals surface area contributed by atoms with Crippen LogP contribution >= 0.6 is 23.2 Å². The van der Waals surface area contributed by atoms with Gasteiger partial charge in [0.25, 0.3) is 5.91 Å². The summed E-state index contributed by atoms with van der Waals surface area (Å²) < 4.78 is 7.41. The number of carbonyl (C=O) groups is 1. The maximum absolute atomic E-state index is 13.2. The summed E-state index contributed by atoms with van der Waals surface area (Å²) in [6.45, 7) is 0.929. The van der Waals surface area contributed by atoms with Gasteiger partial charge in [0.15, 0.2) is 0 Å². The van der Waals surface area contributed by atoms with Gasteiger partial charge >= 0.3 is 0 Å². The zero-order valence-corrected chi connectivity index (χ0v) is 16.6. The van der Waals surface area contributed by atoms with Gasteiger partial charge in [-0.25, -0.2) is 0 Å². The van der Waals surface area contributed by atoms with Gasteiger partial charge in [-0.2, -0.15) is 5.26 Å². The molecule has 1 saturated heterocycles. The standard InChI is InChI=1S/C21H17Cl2N3O2/c1-26-17-7-6-16(22)19(23)15(17)10-18(26)20(27)25-21(8-9-28-12-21)14-4-2-13(11-24)3-5-14/h2-7,10H,8-9,12H2,1H3,(H,25,27). The molecule has 3 aromatic rings. The molecule has 4 rings (SSSR count). The molecule has 2 heterocycles. The number of hydrogen-bond donors (Lipinski definition) is 1. The smallest absolute Gasteiger partial charge is 0.268 e. The number of halogens is 2. The molecule has 1 aliphatic heterocycles. The minimum Gasteiger partial charge on any atom is -0.379 e. The number of nitrogens with zero attached hydrogens (tertiary/aromatic N) is 2. The van der Waals surface area contributed by atoms with E-state index in [0.717, 1.165) is 16.5 Å². The maximum atomic E-state index is 13.2. The summed E-state index contributed by atoms with van der Waals surface area (Å²) >= 11 is 12.4. The monoisotopic (exact) mass is 413 g/mol. The van der Waals surface area contributed by atoms with E-state index in [1.54, 1.807) is 28.8 Å². The van der Waals surface area contributed by atoms with Crippen LogP contribution in [0.3, 0.4) is 0 Å². The highest BCUT2D eigenvalue weighted by molar-refractivity contribution is 6.45. The van der Waals surface area contributed by atoms with Crippen molar-refractivity contribution in [2.45, 2.75) is 12.0 Å². The van der Waals surface area contributed by atoms with Crippen molar-refractivity contribution in [3.8, 4) is 6.07 Å². The van der Waals surface area contributed by atoms with Crippen molar-refractivity contribution < 1.29 is 9.53 Å². The Morgan fingerprint density at radius 1 is 1.25 bits per heavy atom. The third-order valence-corrected chi connectivity index (χ3v) is 6.11. The molecule has 5 nitrogen and oxygen atoms in total. The van der Waals surface area contributed by atoms with Gasteiger partial charge in [0, 0.05) is 31.0 Å². The van der Waals surface area contributed by atoms with Crippen LogP contribution in [0.2, 0.25) is 10.0 Å². The molecule has 1 amide bonds. The number of nitriles is 1. The van der Waals surface area contributed by atoms with E-state index in [2.05, 4.69) is 11.4 Å². The van der Waals surface area contributed by atoms with Gasteiger partial charge in [0.2, 0.25) is 0 Å². The fraction of sp³-hybridized carbons (Fsp3) is 0.238. The van der Waals surface area contributed by atoms with E-state index in [1.165, 1.54) is 0 Å². The van der Waals surface area contributed by atoms with Crippen LogP contribution in [0, 0.1) is 11.3 Å². The number of benzene rings is 2. The quantitative estimate of drug-likeness (QED) is 0.691. The summed E-state index contributed by atoms with van der Waals surface area (Å²) in [6.07, 6.45) is 0.654. The first-order valence-corrected chi connectivity index (χ1v) is 9.55. The third kappa shape index (κ3) is 3.04. The van der Waals surface area contributed by atoms with Crippen molar-refractivity contribution >= 4 is 40.0 Å². The Balaban J connectivity index is 1.71. The number of aryl methyl sites for hydroxylation is 1. The molecule has 0 saturated carbocycles. The molecule has 0 spiro atoms. The Morgan fingerprint density at radius 3 is 2.64 bits per heavy atom. The molecule has 1 unspecified atom stereocenters. The van der Waals surface area contributed by atoms with Crippen molar-refractivity contribution in [3.63, 3.8) is 0 Å². The summed E-state index contributed by atoms with van der Waals surface area (Å²) in [4.78, 5) is 13.2. The Hall–Kier alpha value is -2.52. The second kappa shape index (κ2) is 7.14. The minimum absolute atomic E-state index is 0.222. The number of amides is 1. The number of hydrogen-bond acceptors (Lipinski definition) is 3. The zero-order valence-electron chi connectivity index (χ0n) is 15.1. The Labute approximate surface area is 172 Å². The summed E-state index contributed by atoms with van der Waals surface area (Å²) in [5.41, 5.74) is 2.17. The topological polar surface area (TPSA) is 67.0 Å². The molecule has 7 heteroatoms. The Kier molecular flexibility index (Phi) is 4.80. The largest absolute Gasteiger partial charge is 0.379 e. The van der Waals surface area contributed by atoms with Crippen molar-refractivity contribution in [1.29, 1.82) is 5.26 Å². The SMILES string of the molecule is Cn1c(C(=O)NC2(c3ccc(C#N)cc3)CCOC2)cc2c(Cl)c(Cl)ccc21. The van der Waals surface area contributed by atoms with Crippen molar-refractivity contribution in [1.82, 2.24) is 9.88 Å². The van der Waals surface area contributed by atoms with E-state index in [1.807, 2.05) is 25.2 Å². The Bertz CT molecular complexity index is 1110. The lowest BCUT2D eigenvalue weighted by molar-refractivity contribution is 0.0868. The summed E-state index contributed by atoms with van der Waals surface area (Å²) in [5.74, 6) is -0.222. The van der Waals surface area contributed by atoms with E-state index in [9.17, 15) is 4.79 Å². The molecule has 1 fully saturated rings. The lowest BCUT2D eigenvalue weighted by Gasteiger charge is -2.29. The molecule has 0 bridgehead atoms. The predicted octanol–water partition coefficient (Wildman–Crippen LogP) is 4.40. The first kappa shape index (κ1) is 18.8. The number of nitrogens with one attached hydrogen (secondary N) is 1. The third-order valence-electron chi connectivity index (χ3n) is 5.29. The van der Waals surface area contributed by atoms with Crippen LogP contribution in [0.25, 0.3) is 10.9 Å². The molecule has 1 aromatic heterocycles. The summed E-state index contributed by atoms with van der Waals surface area (Å²) in [7, 11) is 1.82. The highest BCUT2D eigenvalue weighted by Gasteiger charge is 2.39. The van der Waals surface area contributed by atoms with Crippen molar-refractivity contribution in [3.05, 3.63) is 69.3 Å². The van der Waals surface area contributed by atoms with Crippen LogP contribution in [0.15, 0.2) is 42.5 Å². The van der Waals surface area contributed by atoms with Crippen LogP contribution in [0.1, 0.15) is 28.0 Å². The van der Waals surface area contributed by atoms with E-state index in [4.69, 9.17) is 33.2 Å². The maximum Gasteiger partial charge on any atom is 0.268 e. The predicted molar refractivity (Wildman–Crippen MR) is 109 cm³/mol. The normalized spacial score (nSPS) is 18.9. The van der Waals surface area contributed by atoms with Gasteiger partial charge in [-0.3, -0.25) is 4.79 Å². The van der Waals surface area contributed by atoms with E-state index < -0.39 is 5.54 Å². The van der Waals surface area contributed by atoms with Crippen LogP contribution in [0.4, 0.5) is 0 Å². The van der Waals surface area contributed by atoms with Crippen molar-refractivity contribution in [2.75, 3.05) is 13.2 Å². The fourth-order valence-electron chi connectivity index (χ4n) is 3.68. The van der Waals surface area contributed by atoms with Gasteiger partial charge in [0.05, 0.1) is 33.8 Å². The van der Waals surface area contributed by atoms with Gasteiger partial charge in [-0.1, -0.05) is 35.3 Å². The van der Waals surface area contributed by atoms with Gasteiger partial charge < -0.3 is 14.6 Å². The lowest BCUT2D eigenvalue weighted by atomic mass is 9.88. The molecule has 1 aliphatic rings.